The Morgan fingerprint density at radius 1 is 1.10 bits per heavy atom. The number of hydrogen-bond donors (Lipinski definition) is 1. The summed E-state index contributed by atoms with van der Waals surface area (Å²) in [5.74, 6) is 0. The molecule has 0 bridgehead atoms. The van der Waals surface area contributed by atoms with E-state index in [1.165, 1.54) is 37.1 Å². The lowest BCUT2D eigenvalue weighted by Crippen LogP contribution is -2.48. The normalized spacial score (nSPS) is 24.3. The first-order valence-corrected chi connectivity index (χ1v) is 8.27. The van der Waals surface area contributed by atoms with Crippen molar-refractivity contribution in [3.8, 4) is 0 Å². The molecule has 0 radical (unpaired) electrons. The first-order chi connectivity index (χ1) is 9.61. The van der Waals surface area contributed by atoms with Crippen LogP contribution in [0.1, 0.15) is 37.8 Å². The smallest absolute Gasteiger partial charge is 0.0408 e. The Morgan fingerprint density at radius 3 is 2.50 bits per heavy atom. The lowest BCUT2D eigenvalue weighted by atomic mass is 10.0. The molecule has 3 heteroatoms. The number of rotatable bonds is 3. The highest BCUT2D eigenvalue weighted by Gasteiger charge is 2.26. The molecule has 110 valence electrons. The van der Waals surface area contributed by atoms with E-state index < -0.39 is 0 Å². The van der Waals surface area contributed by atoms with Crippen LogP contribution in [0.2, 0.25) is 5.02 Å². The number of halogens is 1. The Bertz CT molecular complexity index is 464. The molecule has 0 saturated carbocycles. The van der Waals surface area contributed by atoms with Crippen LogP contribution >= 0.6 is 11.6 Å². The van der Waals surface area contributed by atoms with Crippen LogP contribution in [0.25, 0.3) is 0 Å². The van der Waals surface area contributed by atoms with E-state index in [1.807, 2.05) is 6.07 Å². The van der Waals surface area contributed by atoms with E-state index in [0.29, 0.717) is 18.1 Å². The monoisotopic (exact) mass is 292 g/mol. The molecular weight excluding hydrogens is 268 g/mol. The predicted octanol–water partition coefficient (Wildman–Crippen LogP) is 3.27. The lowest BCUT2D eigenvalue weighted by molar-refractivity contribution is 0.157. The summed E-state index contributed by atoms with van der Waals surface area (Å²) in [7, 11) is 0. The quantitative estimate of drug-likeness (QED) is 0.920. The van der Waals surface area contributed by atoms with Gasteiger partial charge in [-0.2, -0.15) is 0 Å². The maximum absolute atomic E-state index is 6.08. The number of piperidine rings is 1. The SMILES string of the molecule is CC(C)N1CCC(NC2Cc3ccc(Cl)cc3C2)CC1. The van der Waals surface area contributed by atoms with Crippen molar-refractivity contribution in [3.63, 3.8) is 0 Å². The van der Waals surface area contributed by atoms with Gasteiger partial charge in [-0.1, -0.05) is 17.7 Å². The van der Waals surface area contributed by atoms with Crippen molar-refractivity contribution < 1.29 is 0 Å². The fourth-order valence-electron chi connectivity index (χ4n) is 3.62. The Balaban J connectivity index is 1.52. The number of fused-ring (bicyclic) bond motifs is 1. The van der Waals surface area contributed by atoms with Crippen LogP contribution in [0.15, 0.2) is 18.2 Å². The number of benzene rings is 1. The molecule has 0 amide bonds. The maximum Gasteiger partial charge on any atom is 0.0408 e. The van der Waals surface area contributed by atoms with Crippen molar-refractivity contribution in [2.45, 2.75) is 57.7 Å². The minimum atomic E-state index is 0.610. The summed E-state index contributed by atoms with van der Waals surface area (Å²) in [5, 5.41) is 4.74. The Morgan fingerprint density at radius 2 is 1.80 bits per heavy atom. The predicted molar refractivity (Wildman–Crippen MR) is 85.5 cm³/mol. The molecule has 1 heterocycles. The van der Waals surface area contributed by atoms with Gasteiger partial charge in [0.2, 0.25) is 0 Å². The summed E-state index contributed by atoms with van der Waals surface area (Å²) in [6, 6.07) is 8.34. The van der Waals surface area contributed by atoms with Gasteiger partial charge in [0.05, 0.1) is 0 Å². The van der Waals surface area contributed by atoms with Crippen molar-refractivity contribution in [2.75, 3.05) is 13.1 Å². The van der Waals surface area contributed by atoms with Gasteiger partial charge < -0.3 is 10.2 Å². The van der Waals surface area contributed by atoms with Gasteiger partial charge in [0.1, 0.15) is 0 Å². The van der Waals surface area contributed by atoms with Gasteiger partial charge in [-0.25, -0.2) is 0 Å². The number of hydrogen-bond acceptors (Lipinski definition) is 2. The van der Waals surface area contributed by atoms with Crippen LogP contribution in [0.3, 0.4) is 0 Å². The third kappa shape index (κ3) is 3.19. The van der Waals surface area contributed by atoms with E-state index in [1.54, 1.807) is 0 Å². The maximum atomic E-state index is 6.08. The molecule has 1 atom stereocenters. The molecule has 1 fully saturated rings. The molecule has 2 nitrogen and oxygen atoms in total. The molecule has 0 spiro atoms. The summed E-state index contributed by atoms with van der Waals surface area (Å²) < 4.78 is 0. The van der Waals surface area contributed by atoms with Gasteiger partial charge in [0.25, 0.3) is 0 Å². The fourth-order valence-corrected chi connectivity index (χ4v) is 3.82. The molecule has 1 aliphatic carbocycles. The summed E-state index contributed by atoms with van der Waals surface area (Å²) in [5.41, 5.74) is 2.92. The molecule has 2 aliphatic rings. The van der Waals surface area contributed by atoms with Crippen molar-refractivity contribution in [1.29, 1.82) is 0 Å². The van der Waals surface area contributed by atoms with E-state index in [2.05, 4.69) is 36.2 Å². The van der Waals surface area contributed by atoms with Gasteiger partial charge in [-0.05, 0) is 75.9 Å². The zero-order valence-electron chi connectivity index (χ0n) is 12.5. The fraction of sp³-hybridized carbons (Fsp3) is 0.647. The van der Waals surface area contributed by atoms with Gasteiger partial charge in [-0.15, -0.1) is 0 Å². The van der Waals surface area contributed by atoms with Crippen LogP contribution in [-0.4, -0.2) is 36.1 Å². The van der Waals surface area contributed by atoms with Crippen molar-refractivity contribution >= 4 is 11.6 Å². The van der Waals surface area contributed by atoms with Gasteiger partial charge in [0, 0.05) is 23.1 Å². The Hall–Kier alpha value is -0.570. The minimum Gasteiger partial charge on any atom is -0.310 e. The van der Waals surface area contributed by atoms with Crippen molar-refractivity contribution in [1.82, 2.24) is 10.2 Å². The molecule has 1 unspecified atom stereocenters. The average Bonchev–Trinajstić information content (AvgIpc) is 2.80. The summed E-state index contributed by atoms with van der Waals surface area (Å²) in [6.07, 6.45) is 4.87. The summed E-state index contributed by atoms with van der Waals surface area (Å²) in [4.78, 5) is 2.58. The molecule has 3 rings (SSSR count). The van der Waals surface area contributed by atoms with Crippen LogP contribution in [-0.2, 0) is 12.8 Å². The molecule has 1 N–H and O–H groups in total. The summed E-state index contributed by atoms with van der Waals surface area (Å²) >= 11 is 6.08. The second-order valence-electron chi connectivity index (χ2n) is 6.59. The first kappa shape index (κ1) is 14.4. The third-order valence-corrected chi connectivity index (χ3v) is 5.07. The largest absolute Gasteiger partial charge is 0.310 e. The van der Waals surface area contributed by atoms with Crippen LogP contribution in [0.4, 0.5) is 0 Å². The van der Waals surface area contributed by atoms with Gasteiger partial charge >= 0.3 is 0 Å². The molecular formula is C17H25ClN2. The number of nitrogens with one attached hydrogen (secondary N) is 1. The lowest BCUT2D eigenvalue weighted by Gasteiger charge is -2.36. The van der Waals surface area contributed by atoms with Crippen LogP contribution in [0, 0.1) is 0 Å². The Labute approximate surface area is 127 Å². The Kier molecular flexibility index (Phi) is 4.34. The van der Waals surface area contributed by atoms with Crippen molar-refractivity contribution in [2.24, 2.45) is 0 Å². The second-order valence-corrected chi connectivity index (χ2v) is 7.03. The zero-order chi connectivity index (χ0) is 14.1. The molecule has 0 aromatic heterocycles. The van der Waals surface area contributed by atoms with Gasteiger partial charge in [-0.3, -0.25) is 0 Å². The van der Waals surface area contributed by atoms with Crippen LogP contribution in [0.5, 0.6) is 0 Å². The van der Waals surface area contributed by atoms with Crippen molar-refractivity contribution in [3.05, 3.63) is 34.3 Å². The van der Waals surface area contributed by atoms with Crippen LogP contribution < -0.4 is 5.32 Å². The molecule has 1 aromatic rings. The van der Waals surface area contributed by atoms with E-state index >= 15 is 0 Å². The average molecular weight is 293 g/mol. The van der Waals surface area contributed by atoms with E-state index in [9.17, 15) is 0 Å². The number of nitrogens with zero attached hydrogens (tertiary/aromatic N) is 1. The molecule has 20 heavy (non-hydrogen) atoms. The molecule has 1 aromatic carbocycles. The zero-order valence-corrected chi connectivity index (χ0v) is 13.3. The standard InChI is InChI=1S/C17H25ClN2/c1-12(2)20-7-5-16(6-8-20)19-17-10-13-3-4-15(18)9-14(13)11-17/h3-4,9,12,16-17,19H,5-8,10-11H2,1-2H3. The van der Waals surface area contributed by atoms with E-state index in [4.69, 9.17) is 11.6 Å². The highest BCUT2D eigenvalue weighted by Crippen LogP contribution is 2.26. The first-order valence-electron chi connectivity index (χ1n) is 7.89. The van der Waals surface area contributed by atoms with E-state index in [0.717, 1.165) is 17.9 Å². The number of likely N-dealkylation sites (tertiary alicyclic amines) is 1. The highest BCUT2D eigenvalue weighted by atomic mass is 35.5. The molecule has 1 saturated heterocycles. The van der Waals surface area contributed by atoms with E-state index in [-0.39, 0.29) is 0 Å². The van der Waals surface area contributed by atoms with Gasteiger partial charge in [0.15, 0.2) is 0 Å². The third-order valence-electron chi connectivity index (χ3n) is 4.83. The highest BCUT2D eigenvalue weighted by molar-refractivity contribution is 6.30. The topological polar surface area (TPSA) is 15.3 Å². The molecule has 1 aliphatic heterocycles. The minimum absolute atomic E-state index is 0.610. The second kappa shape index (κ2) is 6.05. The summed E-state index contributed by atoms with van der Waals surface area (Å²) in [6.45, 7) is 7.07.